The molecule has 0 radical (unpaired) electrons. The molecule has 1 heterocycles. The Hall–Kier alpha value is -2.68. The third kappa shape index (κ3) is 5.91. The number of sulfonamides is 1. The van der Waals surface area contributed by atoms with Crippen molar-refractivity contribution in [2.45, 2.75) is 4.90 Å². The van der Waals surface area contributed by atoms with Crippen LogP contribution >= 0.6 is 0 Å². The maximum atomic E-state index is 12.8. The molecule has 1 saturated heterocycles. The summed E-state index contributed by atoms with van der Waals surface area (Å²) >= 11 is 0. The number of methoxy groups -OCH3 is 1. The number of hydrogen-bond acceptors (Lipinski definition) is 5. The molecule has 0 atom stereocenters. The van der Waals surface area contributed by atoms with Gasteiger partial charge in [-0.2, -0.15) is 4.31 Å². The number of rotatable bonds is 8. The monoisotopic (exact) mass is 429 g/mol. The number of amides is 1. The van der Waals surface area contributed by atoms with Gasteiger partial charge in [-0.1, -0.05) is 30.3 Å². The summed E-state index contributed by atoms with van der Waals surface area (Å²) in [6.07, 6.45) is 3.30. The van der Waals surface area contributed by atoms with Crippen LogP contribution in [-0.2, 0) is 14.8 Å². The summed E-state index contributed by atoms with van der Waals surface area (Å²) in [4.78, 5) is 14.4. The molecule has 1 N–H and O–H groups in total. The Morgan fingerprint density at radius 1 is 1.03 bits per heavy atom. The quantitative estimate of drug-likeness (QED) is 0.648. The molecule has 0 aromatic heterocycles. The summed E-state index contributed by atoms with van der Waals surface area (Å²) in [5.74, 6) is 0.485. The maximum Gasteiger partial charge on any atom is 0.244 e. The summed E-state index contributed by atoms with van der Waals surface area (Å²) in [5, 5.41) is 2.87. The first-order chi connectivity index (χ1) is 14.5. The predicted molar refractivity (Wildman–Crippen MR) is 117 cm³/mol. The van der Waals surface area contributed by atoms with Crippen molar-refractivity contribution in [2.24, 2.45) is 0 Å². The number of piperazine rings is 1. The second-order valence-electron chi connectivity index (χ2n) is 6.96. The molecular formula is C22H27N3O4S. The lowest BCUT2D eigenvalue weighted by atomic mass is 10.2. The van der Waals surface area contributed by atoms with Crippen LogP contribution in [0.15, 0.2) is 65.6 Å². The number of carbonyl (C=O) groups is 1. The molecule has 1 aliphatic rings. The van der Waals surface area contributed by atoms with E-state index in [4.69, 9.17) is 4.74 Å². The fourth-order valence-electron chi connectivity index (χ4n) is 3.22. The molecule has 1 amide bonds. The maximum absolute atomic E-state index is 12.8. The number of carbonyl (C=O) groups excluding carboxylic acids is 1. The highest BCUT2D eigenvalue weighted by Gasteiger charge is 2.28. The summed E-state index contributed by atoms with van der Waals surface area (Å²) in [6, 6.07) is 16.1. The first-order valence-electron chi connectivity index (χ1n) is 9.86. The van der Waals surface area contributed by atoms with E-state index in [0.717, 1.165) is 5.56 Å². The molecule has 0 bridgehead atoms. The Kier molecular flexibility index (Phi) is 7.62. The minimum Gasteiger partial charge on any atom is -0.497 e. The van der Waals surface area contributed by atoms with E-state index in [2.05, 4.69) is 10.2 Å². The van der Waals surface area contributed by atoms with Crippen LogP contribution < -0.4 is 10.1 Å². The number of benzene rings is 2. The van der Waals surface area contributed by atoms with E-state index in [1.165, 1.54) is 10.4 Å². The highest BCUT2D eigenvalue weighted by atomic mass is 32.2. The number of ether oxygens (including phenoxy) is 1. The largest absolute Gasteiger partial charge is 0.497 e. The van der Waals surface area contributed by atoms with Crippen molar-refractivity contribution in [3.05, 3.63) is 66.2 Å². The summed E-state index contributed by atoms with van der Waals surface area (Å²) in [7, 11) is -1.96. The van der Waals surface area contributed by atoms with Crippen molar-refractivity contribution in [1.82, 2.24) is 14.5 Å². The summed E-state index contributed by atoms with van der Waals surface area (Å²) in [5.41, 5.74) is 0.974. The smallest absolute Gasteiger partial charge is 0.244 e. The molecule has 1 aliphatic heterocycles. The van der Waals surface area contributed by atoms with Crippen LogP contribution in [0, 0.1) is 0 Å². The lowest BCUT2D eigenvalue weighted by Crippen LogP contribution is -2.50. The van der Waals surface area contributed by atoms with Gasteiger partial charge in [0.15, 0.2) is 0 Å². The zero-order valence-electron chi connectivity index (χ0n) is 17.0. The fraction of sp³-hybridized carbons (Fsp3) is 0.318. The Morgan fingerprint density at radius 3 is 2.33 bits per heavy atom. The second-order valence-corrected chi connectivity index (χ2v) is 8.89. The van der Waals surface area contributed by atoms with Crippen molar-refractivity contribution in [3.8, 4) is 5.75 Å². The van der Waals surface area contributed by atoms with Crippen LogP contribution in [0.25, 0.3) is 6.08 Å². The van der Waals surface area contributed by atoms with Gasteiger partial charge in [-0.3, -0.25) is 9.69 Å². The molecule has 0 unspecified atom stereocenters. The Balaban J connectivity index is 1.42. The molecule has 160 valence electrons. The predicted octanol–water partition coefficient (Wildman–Crippen LogP) is 1.83. The van der Waals surface area contributed by atoms with E-state index in [-0.39, 0.29) is 10.8 Å². The third-order valence-electron chi connectivity index (χ3n) is 4.98. The minimum atomic E-state index is -3.51. The average Bonchev–Trinajstić information content (AvgIpc) is 2.79. The molecular weight excluding hydrogens is 402 g/mol. The van der Waals surface area contributed by atoms with Gasteiger partial charge in [-0.25, -0.2) is 8.42 Å². The van der Waals surface area contributed by atoms with Gasteiger partial charge in [0.05, 0.1) is 12.0 Å². The van der Waals surface area contributed by atoms with Gasteiger partial charge in [-0.15, -0.1) is 0 Å². The van der Waals surface area contributed by atoms with Gasteiger partial charge in [0, 0.05) is 45.3 Å². The number of hydrogen-bond donors (Lipinski definition) is 1. The molecule has 0 spiro atoms. The Labute approximate surface area is 178 Å². The molecule has 3 rings (SSSR count). The van der Waals surface area contributed by atoms with Gasteiger partial charge in [0.25, 0.3) is 0 Å². The zero-order valence-corrected chi connectivity index (χ0v) is 17.8. The highest BCUT2D eigenvalue weighted by Crippen LogP contribution is 2.20. The molecule has 0 saturated carbocycles. The van der Waals surface area contributed by atoms with Gasteiger partial charge < -0.3 is 10.1 Å². The molecule has 1 fully saturated rings. The molecule has 7 nitrogen and oxygen atoms in total. The Bertz CT molecular complexity index is 952. The van der Waals surface area contributed by atoms with Crippen LogP contribution in [-0.4, -0.2) is 69.9 Å². The van der Waals surface area contributed by atoms with E-state index in [1.54, 1.807) is 37.5 Å². The average molecular weight is 430 g/mol. The normalized spacial score (nSPS) is 15.9. The zero-order chi connectivity index (χ0) is 21.4. The topological polar surface area (TPSA) is 79.0 Å². The van der Waals surface area contributed by atoms with Gasteiger partial charge in [-0.05, 0) is 35.9 Å². The van der Waals surface area contributed by atoms with Crippen molar-refractivity contribution in [3.63, 3.8) is 0 Å². The van der Waals surface area contributed by atoms with Gasteiger partial charge in [0.2, 0.25) is 15.9 Å². The number of nitrogens with one attached hydrogen (secondary N) is 1. The lowest BCUT2D eigenvalue weighted by Gasteiger charge is -2.33. The molecule has 2 aromatic rings. The van der Waals surface area contributed by atoms with Gasteiger partial charge in [0.1, 0.15) is 5.75 Å². The van der Waals surface area contributed by atoms with Crippen LogP contribution in [0.1, 0.15) is 5.56 Å². The SMILES string of the molecule is COc1ccc(S(=O)(=O)N2CCN(CCNC(=O)C=Cc3ccccc3)CC2)cc1. The van der Waals surface area contributed by atoms with Gasteiger partial charge >= 0.3 is 0 Å². The third-order valence-corrected chi connectivity index (χ3v) is 6.90. The number of nitrogens with zero attached hydrogens (tertiary/aromatic N) is 2. The van der Waals surface area contributed by atoms with Crippen LogP contribution in [0.5, 0.6) is 5.75 Å². The standard InChI is InChI=1S/C22H27N3O4S/c1-29-20-8-10-21(11-9-20)30(27,28)25-17-15-24(16-18-25)14-13-23-22(26)12-7-19-5-3-2-4-6-19/h2-12H,13-18H2,1H3,(H,23,26). The summed E-state index contributed by atoms with van der Waals surface area (Å²) < 4.78 is 32.2. The summed E-state index contributed by atoms with van der Waals surface area (Å²) in [6.45, 7) is 3.31. The van der Waals surface area contributed by atoms with E-state index < -0.39 is 10.0 Å². The lowest BCUT2D eigenvalue weighted by molar-refractivity contribution is -0.116. The van der Waals surface area contributed by atoms with Crippen molar-refractivity contribution < 1.29 is 17.9 Å². The van der Waals surface area contributed by atoms with Crippen molar-refractivity contribution in [1.29, 1.82) is 0 Å². The van der Waals surface area contributed by atoms with Crippen LogP contribution in [0.2, 0.25) is 0 Å². The van der Waals surface area contributed by atoms with Crippen LogP contribution in [0.4, 0.5) is 0 Å². The van der Waals surface area contributed by atoms with E-state index in [0.29, 0.717) is 45.0 Å². The van der Waals surface area contributed by atoms with Crippen molar-refractivity contribution in [2.75, 3.05) is 46.4 Å². The molecule has 30 heavy (non-hydrogen) atoms. The minimum absolute atomic E-state index is 0.139. The first-order valence-corrected chi connectivity index (χ1v) is 11.3. The van der Waals surface area contributed by atoms with E-state index in [9.17, 15) is 13.2 Å². The molecule has 2 aromatic carbocycles. The molecule has 0 aliphatic carbocycles. The van der Waals surface area contributed by atoms with Crippen LogP contribution in [0.3, 0.4) is 0 Å². The second kappa shape index (κ2) is 10.4. The van der Waals surface area contributed by atoms with E-state index >= 15 is 0 Å². The fourth-order valence-corrected chi connectivity index (χ4v) is 4.64. The highest BCUT2D eigenvalue weighted by molar-refractivity contribution is 7.89. The molecule has 8 heteroatoms. The first kappa shape index (κ1) is 22.0. The van der Waals surface area contributed by atoms with E-state index in [1.807, 2.05) is 30.3 Å². The van der Waals surface area contributed by atoms with Crippen molar-refractivity contribution >= 4 is 22.0 Å². The Morgan fingerprint density at radius 2 is 1.70 bits per heavy atom.